The number of aromatic nitrogens is 1. The van der Waals surface area contributed by atoms with Gasteiger partial charge in [0, 0.05) is 5.39 Å². The summed E-state index contributed by atoms with van der Waals surface area (Å²) in [6.07, 6.45) is 0.655. The Bertz CT molecular complexity index is 464. The third-order valence-corrected chi connectivity index (χ3v) is 2.56. The number of rotatable bonds is 2. The van der Waals surface area contributed by atoms with Gasteiger partial charge in [-0.25, -0.2) is 4.39 Å². The van der Waals surface area contributed by atoms with Crippen LogP contribution in [-0.2, 0) is 6.42 Å². The molecule has 2 nitrogen and oxygen atoms in total. The average molecular weight is 213 g/mol. The minimum absolute atomic E-state index is 0.285. The molecule has 0 unspecified atom stereocenters. The molecule has 2 rings (SSSR count). The SMILES string of the molecule is NCCc1c(Cl)[nH]c2c(F)cccc12. The Morgan fingerprint density at radius 2 is 2.21 bits per heavy atom. The van der Waals surface area contributed by atoms with Gasteiger partial charge in [0.1, 0.15) is 11.0 Å². The van der Waals surface area contributed by atoms with E-state index in [4.69, 9.17) is 17.3 Å². The van der Waals surface area contributed by atoms with Crippen LogP contribution in [-0.4, -0.2) is 11.5 Å². The molecule has 3 N–H and O–H groups in total. The van der Waals surface area contributed by atoms with Crippen LogP contribution >= 0.6 is 11.6 Å². The van der Waals surface area contributed by atoms with Crippen LogP contribution in [0, 0.1) is 5.82 Å². The van der Waals surface area contributed by atoms with Crippen LogP contribution in [0.4, 0.5) is 4.39 Å². The van der Waals surface area contributed by atoms with Crippen LogP contribution in [0.25, 0.3) is 10.9 Å². The number of nitrogens with one attached hydrogen (secondary N) is 1. The first-order valence-corrected chi connectivity index (χ1v) is 4.76. The third-order valence-electron chi connectivity index (χ3n) is 2.23. The second kappa shape index (κ2) is 3.59. The lowest BCUT2D eigenvalue weighted by molar-refractivity contribution is 0.637. The molecule has 14 heavy (non-hydrogen) atoms. The molecule has 0 aliphatic rings. The average Bonchev–Trinajstić information content (AvgIpc) is 2.47. The number of para-hydroxylation sites is 1. The highest BCUT2D eigenvalue weighted by Gasteiger charge is 2.11. The summed E-state index contributed by atoms with van der Waals surface area (Å²) in [5.74, 6) is -0.285. The minimum atomic E-state index is -0.285. The van der Waals surface area contributed by atoms with E-state index in [0.29, 0.717) is 23.6 Å². The molecule has 0 saturated heterocycles. The van der Waals surface area contributed by atoms with Crippen molar-refractivity contribution in [2.24, 2.45) is 5.73 Å². The maximum Gasteiger partial charge on any atom is 0.147 e. The lowest BCUT2D eigenvalue weighted by Gasteiger charge is -1.96. The molecule has 74 valence electrons. The topological polar surface area (TPSA) is 41.8 Å². The summed E-state index contributed by atoms with van der Waals surface area (Å²) < 4.78 is 13.3. The largest absolute Gasteiger partial charge is 0.343 e. The fourth-order valence-electron chi connectivity index (χ4n) is 1.59. The fraction of sp³-hybridized carbons (Fsp3) is 0.200. The normalized spacial score (nSPS) is 11.1. The summed E-state index contributed by atoms with van der Waals surface area (Å²) in [5.41, 5.74) is 6.80. The number of benzene rings is 1. The molecular weight excluding hydrogens is 203 g/mol. The van der Waals surface area contributed by atoms with Gasteiger partial charge in [0.2, 0.25) is 0 Å². The fourth-order valence-corrected chi connectivity index (χ4v) is 1.89. The quantitative estimate of drug-likeness (QED) is 0.789. The van der Waals surface area contributed by atoms with Crippen molar-refractivity contribution in [2.45, 2.75) is 6.42 Å². The standard InChI is InChI=1S/C10H10ClFN2/c11-10-7(4-5-13)6-2-1-3-8(12)9(6)14-10/h1-3,14H,4-5,13H2. The van der Waals surface area contributed by atoms with Crippen LogP contribution in [0.1, 0.15) is 5.56 Å². The van der Waals surface area contributed by atoms with Gasteiger partial charge in [0.25, 0.3) is 0 Å². The summed E-state index contributed by atoms with van der Waals surface area (Å²) in [6.45, 7) is 0.503. The predicted octanol–water partition coefficient (Wildman–Crippen LogP) is 2.46. The second-order valence-corrected chi connectivity index (χ2v) is 3.50. The van der Waals surface area contributed by atoms with E-state index in [9.17, 15) is 4.39 Å². The molecule has 0 amide bonds. The number of halogens is 2. The number of aromatic amines is 1. The van der Waals surface area contributed by atoms with Crippen molar-refractivity contribution in [3.8, 4) is 0 Å². The summed E-state index contributed by atoms with van der Waals surface area (Å²) >= 11 is 5.94. The van der Waals surface area contributed by atoms with Gasteiger partial charge in [-0.3, -0.25) is 0 Å². The second-order valence-electron chi connectivity index (χ2n) is 3.12. The van der Waals surface area contributed by atoms with Crippen molar-refractivity contribution in [1.29, 1.82) is 0 Å². The number of hydrogen-bond donors (Lipinski definition) is 2. The van der Waals surface area contributed by atoms with Crippen molar-refractivity contribution in [3.05, 3.63) is 34.7 Å². The van der Waals surface area contributed by atoms with Gasteiger partial charge >= 0.3 is 0 Å². The third kappa shape index (κ3) is 1.38. The highest BCUT2D eigenvalue weighted by Crippen LogP contribution is 2.27. The zero-order chi connectivity index (χ0) is 10.1. The molecule has 1 aromatic heterocycles. The minimum Gasteiger partial charge on any atom is -0.343 e. The van der Waals surface area contributed by atoms with Gasteiger partial charge < -0.3 is 10.7 Å². The lowest BCUT2D eigenvalue weighted by Crippen LogP contribution is -2.02. The van der Waals surface area contributed by atoms with E-state index >= 15 is 0 Å². The van der Waals surface area contributed by atoms with E-state index in [2.05, 4.69) is 4.98 Å². The molecule has 0 atom stereocenters. The maximum absolute atomic E-state index is 13.3. The van der Waals surface area contributed by atoms with E-state index in [1.165, 1.54) is 6.07 Å². The number of nitrogens with two attached hydrogens (primary N) is 1. The van der Waals surface area contributed by atoms with Gasteiger partial charge in [-0.05, 0) is 24.6 Å². The Morgan fingerprint density at radius 1 is 1.43 bits per heavy atom. The maximum atomic E-state index is 13.3. The van der Waals surface area contributed by atoms with E-state index in [-0.39, 0.29) is 5.82 Å². The molecular formula is C10H10ClFN2. The molecule has 1 heterocycles. The first-order valence-electron chi connectivity index (χ1n) is 4.38. The summed E-state index contributed by atoms with van der Waals surface area (Å²) in [6, 6.07) is 4.91. The zero-order valence-corrected chi connectivity index (χ0v) is 8.24. The smallest absolute Gasteiger partial charge is 0.147 e. The van der Waals surface area contributed by atoms with Gasteiger partial charge in [0.05, 0.1) is 5.52 Å². The Morgan fingerprint density at radius 3 is 2.93 bits per heavy atom. The Labute approximate surface area is 85.9 Å². The number of fused-ring (bicyclic) bond motifs is 1. The van der Waals surface area contributed by atoms with E-state index in [0.717, 1.165) is 10.9 Å². The van der Waals surface area contributed by atoms with E-state index in [1.807, 2.05) is 6.07 Å². The molecule has 0 aliphatic carbocycles. The summed E-state index contributed by atoms with van der Waals surface area (Å²) in [7, 11) is 0. The first-order chi connectivity index (χ1) is 6.74. The van der Waals surface area contributed by atoms with Crippen molar-refractivity contribution < 1.29 is 4.39 Å². The number of hydrogen-bond acceptors (Lipinski definition) is 1. The number of H-pyrrole nitrogens is 1. The van der Waals surface area contributed by atoms with Gasteiger partial charge in [-0.1, -0.05) is 23.7 Å². The van der Waals surface area contributed by atoms with Crippen molar-refractivity contribution in [2.75, 3.05) is 6.54 Å². The Balaban J connectivity index is 2.70. The molecule has 0 aliphatic heterocycles. The molecule has 0 fully saturated rings. The lowest BCUT2D eigenvalue weighted by atomic mass is 10.1. The molecule has 4 heteroatoms. The zero-order valence-electron chi connectivity index (χ0n) is 7.48. The Kier molecular flexibility index (Phi) is 2.44. The molecule has 0 saturated carbocycles. The van der Waals surface area contributed by atoms with Gasteiger partial charge in [-0.15, -0.1) is 0 Å². The van der Waals surface area contributed by atoms with Crippen molar-refractivity contribution >= 4 is 22.5 Å². The first kappa shape index (κ1) is 9.49. The van der Waals surface area contributed by atoms with Gasteiger partial charge in [0.15, 0.2) is 0 Å². The van der Waals surface area contributed by atoms with Crippen molar-refractivity contribution in [3.63, 3.8) is 0 Å². The molecule has 2 aromatic rings. The van der Waals surface area contributed by atoms with Crippen LogP contribution < -0.4 is 5.73 Å². The van der Waals surface area contributed by atoms with Gasteiger partial charge in [-0.2, -0.15) is 0 Å². The van der Waals surface area contributed by atoms with E-state index in [1.54, 1.807) is 6.07 Å². The van der Waals surface area contributed by atoms with Crippen LogP contribution in [0.2, 0.25) is 5.15 Å². The predicted molar refractivity (Wildman–Crippen MR) is 56.0 cm³/mol. The summed E-state index contributed by atoms with van der Waals surface area (Å²) in [4.78, 5) is 2.82. The highest BCUT2D eigenvalue weighted by molar-refractivity contribution is 6.31. The monoisotopic (exact) mass is 212 g/mol. The molecule has 1 aromatic carbocycles. The summed E-state index contributed by atoms with van der Waals surface area (Å²) in [5, 5.41) is 1.30. The van der Waals surface area contributed by atoms with Crippen LogP contribution in [0.3, 0.4) is 0 Å². The van der Waals surface area contributed by atoms with Crippen molar-refractivity contribution in [1.82, 2.24) is 4.98 Å². The molecule has 0 bridgehead atoms. The van der Waals surface area contributed by atoms with Crippen LogP contribution in [0.5, 0.6) is 0 Å². The molecule has 0 radical (unpaired) electrons. The van der Waals surface area contributed by atoms with E-state index < -0.39 is 0 Å². The molecule has 0 spiro atoms. The Hall–Kier alpha value is -1.06. The van der Waals surface area contributed by atoms with Crippen LogP contribution in [0.15, 0.2) is 18.2 Å². The highest BCUT2D eigenvalue weighted by atomic mass is 35.5.